The monoisotopic (exact) mass is 556 g/mol. The molecule has 3 saturated carbocycles. The van der Waals surface area contributed by atoms with Crippen molar-refractivity contribution in [2.45, 2.75) is 87.4 Å². The Morgan fingerprint density at radius 3 is 2.34 bits per heavy atom. The van der Waals surface area contributed by atoms with Crippen LogP contribution in [0.4, 0.5) is 13.2 Å². The molecule has 0 aromatic heterocycles. The Kier molecular flexibility index (Phi) is 5.43. The normalized spacial score (nSPS) is 42.7. The lowest BCUT2D eigenvalue weighted by Crippen LogP contribution is -2.60. The molecular weight excluding hydrogens is 525 g/mol. The minimum absolute atomic E-state index is 0.0893. The number of halogens is 4. The SMILES string of the molecule is C[C@]12C[C@H](c3ccc(Br)cc3)C3=C4CCC5(C[C@]4(O)CCC3C1CC[C@@]2(O)C(F)(F)F)OCCO5. The highest BCUT2D eigenvalue weighted by Gasteiger charge is 2.72. The van der Waals surface area contributed by atoms with Crippen LogP contribution in [0.25, 0.3) is 0 Å². The van der Waals surface area contributed by atoms with Crippen LogP contribution in [0.2, 0.25) is 0 Å². The minimum Gasteiger partial charge on any atom is -0.385 e. The molecule has 0 radical (unpaired) electrons. The zero-order valence-electron chi connectivity index (χ0n) is 19.8. The van der Waals surface area contributed by atoms with E-state index < -0.39 is 28.6 Å². The first-order valence-corrected chi connectivity index (χ1v) is 13.5. The molecule has 35 heavy (non-hydrogen) atoms. The van der Waals surface area contributed by atoms with Crippen molar-refractivity contribution in [3.05, 3.63) is 45.4 Å². The molecule has 8 heteroatoms. The van der Waals surface area contributed by atoms with E-state index in [-0.39, 0.29) is 30.6 Å². The summed E-state index contributed by atoms with van der Waals surface area (Å²) < 4.78 is 55.8. The van der Waals surface area contributed by atoms with Gasteiger partial charge in [-0.05, 0) is 73.6 Å². The van der Waals surface area contributed by atoms with Crippen LogP contribution >= 0.6 is 15.9 Å². The van der Waals surface area contributed by atoms with Gasteiger partial charge in [-0.1, -0.05) is 40.6 Å². The molecule has 0 amide bonds. The molecule has 1 heterocycles. The lowest BCUT2D eigenvalue weighted by atomic mass is 9.49. The van der Waals surface area contributed by atoms with Gasteiger partial charge >= 0.3 is 6.18 Å². The summed E-state index contributed by atoms with van der Waals surface area (Å²) in [5, 5.41) is 23.1. The van der Waals surface area contributed by atoms with E-state index in [1.54, 1.807) is 6.92 Å². The molecule has 1 aliphatic heterocycles. The number of ether oxygens (including phenoxy) is 2. The molecule has 1 aromatic carbocycles. The fourth-order valence-electron chi connectivity index (χ4n) is 8.48. The van der Waals surface area contributed by atoms with Crippen molar-refractivity contribution in [2.75, 3.05) is 13.2 Å². The first kappa shape index (κ1) is 24.4. The van der Waals surface area contributed by atoms with Crippen LogP contribution in [0.15, 0.2) is 39.9 Å². The van der Waals surface area contributed by atoms with Gasteiger partial charge in [-0.25, -0.2) is 0 Å². The molecule has 5 aliphatic rings. The summed E-state index contributed by atoms with van der Waals surface area (Å²) in [6.07, 6.45) is -1.69. The zero-order valence-corrected chi connectivity index (χ0v) is 21.4. The number of allylic oxidation sites excluding steroid dienone is 1. The highest BCUT2D eigenvalue weighted by Crippen LogP contribution is 2.70. The molecule has 6 atom stereocenters. The molecule has 192 valence electrons. The maximum Gasteiger partial charge on any atom is 0.417 e. The largest absolute Gasteiger partial charge is 0.417 e. The van der Waals surface area contributed by atoms with Crippen molar-refractivity contribution in [1.29, 1.82) is 0 Å². The molecule has 0 bridgehead atoms. The van der Waals surface area contributed by atoms with E-state index in [0.717, 1.165) is 21.2 Å². The molecule has 2 unspecified atom stereocenters. The predicted octanol–water partition coefficient (Wildman–Crippen LogP) is 6.01. The third-order valence-corrected chi connectivity index (χ3v) is 10.6. The van der Waals surface area contributed by atoms with Gasteiger partial charge in [0.25, 0.3) is 0 Å². The van der Waals surface area contributed by atoms with E-state index >= 15 is 0 Å². The second-order valence-electron chi connectivity index (χ2n) is 11.6. The summed E-state index contributed by atoms with van der Waals surface area (Å²) in [5.74, 6) is -1.41. The maximum atomic E-state index is 14.3. The van der Waals surface area contributed by atoms with Gasteiger partial charge in [0.05, 0.1) is 18.8 Å². The van der Waals surface area contributed by atoms with Crippen LogP contribution in [-0.2, 0) is 9.47 Å². The molecule has 1 spiro atoms. The Morgan fingerprint density at radius 1 is 1.00 bits per heavy atom. The fraction of sp³-hybridized carbons (Fsp3) is 0.704. The van der Waals surface area contributed by atoms with Crippen LogP contribution in [0.3, 0.4) is 0 Å². The molecule has 4 fully saturated rings. The van der Waals surface area contributed by atoms with Gasteiger partial charge < -0.3 is 19.7 Å². The number of benzene rings is 1. The predicted molar refractivity (Wildman–Crippen MR) is 127 cm³/mol. The van der Waals surface area contributed by atoms with Crippen molar-refractivity contribution in [1.82, 2.24) is 0 Å². The summed E-state index contributed by atoms with van der Waals surface area (Å²) in [7, 11) is 0. The Morgan fingerprint density at radius 2 is 1.69 bits per heavy atom. The summed E-state index contributed by atoms with van der Waals surface area (Å²) in [6, 6.07) is 7.76. The van der Waals surface area contributed by atoms with Crippen LogP contribution in [-0.4, -0.2) is 46.6 Å². The Labute approximate surface area is 212 Å². The van der Waals surface area contributed by atoms with Gasteiger partial charge in [-0.3, -0.25) is 0 Å². The Hall–Kier alpha value is -0.930. The van der Waals surface area contributed by atoms with Crippen molar-refractivity contribution in [3.8, 4) is 0 Å². The molecule has 6 rings (SSSR count). The van der Waals surface area contributed by atoms with Gasteiger partial charge in [0.1, 0.15) is 0 Å². The van der Waals surface area contributed by atoms with Gasteiger partial charge in [-0.15, -0.1) is 0 Å². The van der Waals surface area contributed by atoms with E-state index in [1.165, 1.54) is 0 Å². The summed E-state index contributed by atoms with van der Waals surface area (Å²) in [6.45, 7) is 2.69. The molecule has 4 nitrogen and oxygen atoms in total. The van der Waals surface area contributed by atoms with Gasteiger partial charge in [0.15, 0.2) is 11.4 Å². The van der Waals surface area contributed by atoms with Gasteiger partial charge in [-0.2, -0.15) is 13.2 Å². The van der Waals surface area contributed by atoms with Crippen molar-refractivity contribution in [3.63, 3.8) is 0 Å². The van der Waals surface area contributed by atoms with E-state index in [4.69, 9.17) is 9.47 Å². The third kappa shape index (κ3) is 3.39. The second-order valence-corrected chi connectivity index (χ2v) is 12.5. The van der Waals surface area contributed by atoms with E-state index in [0.29, 0.717) is 51.7 Å². The first-order chi connectivity index (χ1) is 16.4. The topological polar surface area (TPSA) is 58.9 Å². The van der Waals surface area contributed by atoms with E-state index in [1.807, 2.05) is 24.3 Å². The van der Waals surface area contributed by atoms with Crippen LogP contribution in [0.5, 0.6) is 0 Å². The number of hydrogen-bond acceptors (Lipinski definition) is 4. The highest BCUT2D eigenvalue weighted by molar-refractivity contribution is 9.10. The lowest BCUT2D eigenvalue weighted by Gasteiger charge is -2.57. The van der Waals surface area contributed by atoms with Gasteiger partial charge in [0.2, 0.25) is 0 Å². The average molecular weight is 557 g/mol. The standard InChI is InChI=1S/C27H32BrF3O4/c1-23-14-19(16-2-4-17(28)5-3-16)22-18(20(23)8-11-26(23,33)27(29,30)31)6-9-24(32)15-25(10-7-21(22)24)34-12-13-35-25/h2-5,18-20,32-33H,6-15H2,1H3/t18?,19-,20?,23+,24-,26+/m1/s1. The molecule has 4 aliphatic carbocycles. The molecule has 2 N–H and O–H groups in total. The summed E-state index contributed by atoms with van der Waals surface area (Å²) in [5.41, 5.74) is -2.03. The number of hydrogen-bond donors (Lipinski definition) is 2. The van der Waals surface area contributed by atoms with E-state index in [9.17, 15) is 23.4 Å². The molecular formula is C27H32BrF3O4. The Bertz CT molecular complexity index is 1050. The molecule has 1 saturated heterocycles. The lowest BCUT2D eigenvalue weighted by molar-refractivity contribution is -0.299. The van der Waals surface area contributed by atoms with Crippen LogP contribution in [0, 0.1) is 17.3 Å². The van der Waals surface area contributed by atoms with Crippen molar-refractivity contribution >= 4 is 15.9 Å². The summed E-state index contributed by atoms with van der Waals surface area (Å²) >= 11 is 3.47. The smallest absolute Gasteiger partial charge is 0.385 e. The Balaban J connectivity index is 1.49. The van der Waals surface area contributed by atoms with Gasteiger partial charge in [0, 0.05) is 28.6 Å². The minimum atomic E-state index is -4.69. The quantitative estimate of drug-likeness (QED) is 0.416. The molecule has 1 aromatic rings. The number of rotatable bonds is 1. The number of fused-ring (bicyclic) bond motifs is 4. The number of aliphatic hydroxyl groups is 2. The average Bonchev–Trinajstić information content (AvgIpc) is 3.35. The van der Waals surface area contributed by atoms with Crippen LogP contribution < -0.4 is 0 Å². The zero-order chi connectivity index (χ0) is 24.9. The third-order valence-electron chi connectivity index (χ3n) is 10.1. The summed E-state index contributed by atoms with van der Waals surface area (Å²) in [4.78, 5) is 0. The van der Waals surface area contributed by atoms with Crippen molar-refractivity contribution < 1.29 is 32.9 Å². The number of alkyl halides is 3. The van der Waals surface area contributed by atoms with E-state index in [2.05, 4.69) is 15.9 Å². The van der Waals surface area contributed by atoms with Crippen LogP contribution in [0.1, 0.15) is 69.8 Å². The second kappa shape index (κ2) is 7.79. The highest BCUT2D eigenvalue weighted by atomic mass is 79.9. The first-order valence-electron chi connectivity index (χ1n) is 12.7. The fourth-order valence-corrected chi connectivity index (χ4v) is 8.74. The maximum absolute atomic E-state index is 14.3. The van der Waals surface area contributed by atoms with Crippen molar-refractivity contribution in [2.24, 2.45) is 17.3 Å².